The number of carbonyl (C=O) groups is 1. The van der Waals surface area contributed by atoms with Crippen LogP contribution >= 0.6 is 11.3 Å². The fourth-order valence-electron chi connectivity index (χ4n) is 3.57. The van der Waals surface area contributed by atoms with E-state index in [1.807, 2.05) is 24.6 Å². The Labute approximate surface area is 169 Å². The van der Waals surface area contributed by atoms with Crippen LogP contribution in [0.3, 0.4) is 0 Å². The zero-order chi connectivity index (χ0) is 20.0. The van der Waals surface area contributed by atoms with Crippen molar-refractivity contribution < 1.29 is 13.7 Å². The third-order valence-corrected chi connectivity index (χ3v) is 5.86. The molecule has 0 bridgehead atoms. The van der Waals surface area contributed by atoms with Crippen molar-refractivity contribution in [1.82, 2.24) is 24.8 Å². The fraction of sp³-hybridized carbons (Fsp3) is 0.200. The summed E-state index contributed by atoms with van der Waals surface area (Å²) in [5, 5.41) is 10.4. The van der Waals surface area contributed by atoms with Crippen molar-refractivity contribution in [3.8, 4) is 23.0 Å². The maximum atomic E-state index is 14.1. The highest BCUT2D eigenvalue weighted by molar-refractivity contribution is 7.12. The van der Waals surface area contributed by atoms with Gasteiger partial charge in [-0.25, -0.2) is 4.39 Å². The molecule has 0 saturated carbocycles. The number of rotatable bonds is 3. The van der Waals surface area contributed by atoms with Crippen LogP contribution in [0, 0.1) is 5.82 Å². The van der Waals surface area contributed by atoms with Crippen LogP contribution in [0.5, 0.6) is 0 Å². The topological polar surface area (TPSA) is 77.1 Å². The molecule has 1 aliphatic rings. The largest absolute Gasteiger partial charge is 0.333 e. The van der Waals surface area contributed by atoms with Gasteiger partial charge in [-0.3, -0.25) is 9.48 Å². The molecular weight excluding hydrogens is 393 g/mol. The number of hydrogen-bond acceptors (Lipinski definition) is 6. The first-order valence-corrected chi connectivity index (χ1v) is 9.96. The Kier molecular flexibility index (Phi) is 4.24. The number of aryl methyl sites for hydroxylation is 1. The second-order valence-electron chi connectivity index (χ2n) is 6.75. The Bertz CT molecular complexity index is 1200. The summed E-state index contributed by atoms with van der Waals surface area (Å²) in [7, 11) is 1.85. The van der Waals surface area contributed by atoms with Crippen LogP contribution in [0.25, 0.3) is 23.0 Å². The van der Waals surface area contributed by atoms with Gasteiger partial charge in [-0.1, -0.05) is 23.4 Å². The molecule has 0 aliphatic carbocycles. The maximum absolute atomic E-state index is 14.1. The lowest BCUT2D eigenvalue weighted by molar-refractivity contribution is 0.0738. The summed E-state index contributed by atoms with van der Waals surface area (Å²) in [6.07, 6.45) is 0.685. The van der Waals surface area contributed by atoms with E-state index in [2.05, 4.69) is 15.2 Å². The fourth-order valence-corrected chi connectivity index (χ4v) is 4.26. The van der Waals surface area contributed by atoms with Gasteiger partial charge in [0.1, 0.15) is 5.82 Å². The number of hydrogen-bond donors (Lipinski definition) is 0. The summed E-state index contributed by atoms with van der Waals surface area (Å²) in [6, 6.07) is 9.96. The lowest BCUT2D eigenvalue weighted by Crippen LogP contribution is -2.36. The van der Waals surface area contributed by atoms with Gasteiger partial charge in [-0.15, -0.1) is 11.3 Å². The normalized spacial score (nSPS) is 13.5. The van der Waals surface area contributed by atoms with Crippen molar-refractivity contribution in [2.24, 2.45) is 7.05 Å². The monoisotopic (exact) mass is 409 g/mol. The first-order chi connectivity index (χ1) is 14.1. The van der Waals surface area contributed by atoms with E-state index in [9.17, 15) is 9.18 Å². The summed E-state index contributed by atoms with van der Waals surface area (Å²) >= 11 is 1.43. The molecule has 0 fully saturated rings. The third kappa shape index (κ3) is 3.03. The number of thiophene rings is 1. The van der Waals surface area contributed by atoms with Crippen molar-refractivity contribution in [3.05, 3.63) is 63.7 Å². The summed E-state index contributed by atoms with van der Waals surface area (Å²) in [4.78, 5) is 19.6. The van der Waals surface area contributed by atoms with Crippen molar-refractivity contribution in [3.63, 3.8) is 0 Å². The molecule has 0 unspecified atom stereocenters. The molecule has 1 aliphatic heterocycles. The van der Waals surface area contributed by atoms with E-state index >= 15 is 0 Å². The zero-order valence-electron chi connectivity index (χ0n) is 15.5. The predicted octanol–water partition coefficient (Wildman–Crippen LogP) is 3.54. The van der Waals surface area contributed by atoms with E-state index in [0.717, 1.165) is 11.3 Å². The molecule has 29 heavy (non-hydrogen) atoms. The highest BCUT2D eigenvalue weighted by Gasteiger charge is 2.30. The Hall–Kier alpha value is -3.33. The Morgan fingerprint density at radius 2 is 2.10 bits per heavy atom. The average molecular weight is 409 g/mol. The van der Waals surface area contributed by atoms with E-state index < -0.39 is 5.82 Å². The van der Waals surface area contributed by atoms with Gasteiger partial charge in [0, 0.05) is 31.3 Å². The molecule has 3 aromatic heterocycles. The molecule has 1 aromatic carbocycles. The number of halogens is 1. The lowest BCUT2D eigenvalue weighted by atomic mass is 10.0. The second kappa shape index (κ2) is 6.93. The van der Waals surface area contributed by atoms with Gasteiger partial charge in [0.25, 0.3) is 11.8 Å². The second-order valence-corrected chi connectivity index (χ2v) is 7.70. The minimum atomic E-state index is -0.421. The third-order valence-electron chi connectivity index (χ3n) is 5.00. The van der Waals surface area contributed by atoms with Gasteiger partial charge in [-0.2, -0.15) is 10.1 Å². The van der Waals surface area contributed by atoms with Crippen LogP contribution in [-0.2, 0) is 20.0 Å². The van der Waals surface area contributed by atoms with Gasteiger partial charge in [0.2, 0.25) is 5.82 Å². The molecule has 5 rings (SSSR count). The molecule has 0 saturated heterocycles. The molecule has 9 heteroatoms. The van der Waals surface area contributed by atoms with Crippen LogP contribution in [0.1, 0.15) is 20.9 Å². The average Bonchev–Trinajstić information content (AvgIpc) is 3.48. The number of fused-ring (bicyclic) bond motifs is 1. The van der Waals surface area contributed by atoms with Gasteiger partial charge >= 0.3 is 0 Å². The van der Waals surface area contributed by atoms with Crippen molar-refractivity contribution >= 4 is 17.2 Å². The maximum Gasteiger partial charge on any atom is 0.279 e. The Balaban J connectivity index is 1.49. The van der Waals surface area contributed by atoms with Gasteiger partial charge in [-0.05, 0) is 23.6 Å². The summed E-state index contributed by atoms with van der Waals surface area (Å²) in [5.41, 5.74) is 2.70. The Morgan fingerprint density at radius 1 is 1.24 bits per heavy atom. The minimum absolute atomic E-state index is 0.00183. The molecule has 7 nitrogen and oxygen atoms in total. The predicted molar refractivity (Wildman–Crippen MR) is 105 cm³/mol. The summed E-state index contributed by atoms with van der Waals surface area (Å²) in [5.74, 6) is -0.0426. The molecule has 4 heterocycles. The van der Waals surface area contributed by atoms with Gasteiger partial charge < -0.3 is 9.42 Å². The van der Waals surface area contributed by atoms with Crippen LogP contribution < -0.4 is 0 Å². The lowest BCUT2D eigenvalue weighted by Gasteiger charge is -2.27. The highest BCUT2D eigenvalue weighted by atomic mass is 32.1. The Morgan fingerprint density at radius 3 is 2.90 bits per heavy atom. The molecule has 146 valence electrons. The molecule has 1 amide bonds. The van der Waals surface area contributed by atoms with Crippen molar-refractivity contribution in [1.29, 1.82) is 0 Å². The molecule has 0 radical (unpaired) electrons. The zero-order valence-corrected chi connectivity index (χ0v) is 16.3. The molecular formula is C20H16FN5O2S. The molecule has 0 spiro atoms. The first kappa shape index (κ1) is 17.7. The van der Waals surface area contributed by atoms with E-state index in [4.69, 9.17) is 4.52 Å². The molecule has 0 N–H and O–H groups in total. The van der Waals surface area contributed by atoms with Gasteiger partial charge in [0.15, 0.2) is 5.69 Å². The van der Waals surface area contributed by atoms with E-state index in [-0.39, 0.29) is 23.2 Å². The van der Waals surface area contributed by atoms with E-state index in [1.165, 1.54) is 17.4 Å². The quantitative estimate of drug-likeness (QED) is 0.517. The van der Waals surface area contributed by atoms with E-state index in [1.54, 1.807) is 27.8 Å². The number of benzene rings is 1. The van der Waals surface area contributed by atoms with Crippen molar-refractivity contribution in [2.45, 2.75) is 13.0 Å². The number of carbonyl (C=O) groups excluding carboxylic acids is 1. The smallest absolute Gasteiger partial charge is 0.279 e. The summed E-state index contributed by atoms with van der Waals surface area (Å²) < 4.78 is 21.2. The van der Waals surface area contributed by atoms with Gasteiger partial charge in [0.05, 0.1) is 17.0 Å². The van der Waals surface area contributed by atoms with Crippen molar-refractivity contribution in [2.75, 3.05) is 6.54 Å². The van der Waals surface area contributed by atoms with Crippen LogP contribution in [-0.4, -0.2) is 37.3 Å². The SMILES string of the molecule is Cn1nc(-c2nc(-c3ccccc3F)no2)c2c1CCN(C(=O)c1cccs1)C2. The molecule has 0 atom stereocenters. The van der Waals surface area contributed by atoms with Crippen LogP contribution in [0.4, 0.5) is 4.39 Å². The number of nitrogens with zero attached hydrogens (tertiary/aromatic N) is 5. The van der Waals surface area contributed by atoms with E-state index in [0.29, 0.717) is 30.1 Å². The summed E-state index contributed by atoms with van der Waals surface area (Å²) in [6.45, 7) is 1.03. The highest BCUT2D eigenvalue weighted by Crippen LogP contribution is 2.31. The minimum Gasteiger partial charge on any atom is -0.333 e. The first-order valence-electron chi connectivity index (χ1n) is 9.08. The number of amides is 1. The van der Waals surface area contributed by atoms with Crippen LogP contribution in [0.15, 0.2) is 46.3 Å². The molecule has 4 aromatic rings. The standard InChI is InChI=1S/C20H16FN5O2S/c1-25-15-8-9-26(20(27)16-7-4-10-29-16)11-13(15)17(23-25)19-22-18(24-28-19)12-5-2-3-6-14(12)21/h2-7,10H,8-9,11H2,1H3. The number of aromatic nitrogens is 4. The van der Waals surface area contributed by atoms with Crippen LogP contribution in [0.2, 0.25) is 0 Å².